The summed E-state index contributed by atoms with van der Waals surface area (Å²) in [5, 5.41) is 16.8. The summed E-state index contributed by atoms with van der Waals surface area (Å²) in [6.45, 7) is 4.43. The highest BCUT2D eigenvalue weighted by molar-refractivity contribution is 5.90. The summed E-state index contributed by atoms with van der Waals surface area (Å²) >= 11 is 0. The van der Waals surface area contributed by atoms with Gasteiger partial charge in [-0.3, -0.25) is 0 Å². The van der Waals surface area contributed by atoms with Crippen molar-refractivity contribution in [1.29, 1.82) is 0 Å². The lowest BCUT2D eigenvalue weighted by molar-refractivity contribution is 0.251. The lowest BCUT2D eigenvalue weighted by Crippen LogP contribution is -2.28. The van der Waals surface area contributed by atoms with Crippen molar-refractivity contribution in [2.24, 2.45) is 0 Å². The van der Waals surface area contributed by atoms with Crippen LogP contribution >= 0.6 is 0 Å². The number of amides is 2. The molecule has 0 aliphatic heterocycles. The first-order valence-corrected chi connectivity index (χ1v) is 7.56. The lowest BCUT2D eigenvalue weighted by Gasteiger charge is -2.11. The van der Waals surface area contributed by atoms with Gasteiger partial charge in [0.1, 0.15) is 6.33 Å². The number of tetrazole rings is 1. The van der Waals surface area contributed by atoms with E-state index in [1.54, 1.807) is 0 Å². The molecule has 7 heteroatoms. The number of aromatic nitrogens is 4. The van der Waals surface area contributed by atoms with Gasteiger partial charge in [0.25, 0.3) is 0 Å². The van der Waals surface area contributed by atoms with Crippen molar-refractivity contribution < 1.29 is 4.79 Å². The molecule has 0 saturated heterocycles. The van der Waals surface area contributed by atoms with E-state index in [0.29, 0.717) is 12.2 Å². The Morgan fingerprint density at radius 2 is 1.92 bits per heavy atom. The Morgan fingerprint density at radius 1 is 1.12 bits per heavy atom. The van der Waals surface area contributed by atoms with Crippen LogP contribution < -0.4 is 10.6 Å². The largest absolute Gasteiger partial charge is 0.334 e. The zero-order valence-electron chi connectivity index (χ0n) is 13.5. The SMILES string of the molecule is Cc1ccc(CNC(=O)Nc2cc(-n3cnnn3)ccc2C)cc1. The van der Waals surface area contributed by atoms with Gasteiger partial charge in [0.15, 0.2) is 0 Å². The standard InChI is InChI=1S/C17H18N6O/c1-12-3-6-14(7-4-12)10-18-17(24)20-16-9-15(8-5-13(16)2)23-11-19-21-22-23/h3-9,11H,10H2,1-2H3,(H2,18,20,24). The molecular weight excluding hydrogens is 304 g/mol. The molecular formula is C17H18N6O. The Bertz CT molecular complexity index is 827. The van der Waals surface area contributed by atoms with E-state index in [0.717, 1.165) is 16.8 Å². The number of carbonyl (C=O) groups excluding carboxylic acids is 1. The van der Waals surface area contributed by atoms with E-state index in [4.69, 9.17) is 0 Å². The number of anilines is 1. The number of aryl methyl sites for hydroxylation is 2. The van der Waals surface area contributed by atoms with Gasteiger partial charge in [-0.25, -0.2) is 9.48 Å². The number of nitrogens with zero attached hydrogens (tertiary/aromatic N) is 4. The zero-order valence-corrected chi connectivity index (χ0v) is 13.5. The van der Waals surface area contributed by atoms with Crippen LogP contribution in [0.2, 0.25) is 0 Å². The minimum Gasteiger partial charge on any atom is -0.334 e. The molecule has 24 heavy (non-hydrogen) atoms. The summed E-state index contributed by atoms with van der Waals surface area (Å²) in [6, 6.07) is 13.4. The van der Waals surface area contributed by atoms with Crippen molar-refractivity contribution in [2.75, 3.05) is 5.32 Å². The molecule has 3 aromatic rings. The fraction of sp³-hybridized carbons (Fsp3) is 0.176. The van der Waals surface area contributed by atoms with Crippen LogP contribution in [0, 0.1) is 13.8 Å². The van der Waals surface area contributed by atoms with Crippen LogP contribution in [0.4, 0.5) is 10.5 Å². The van der Waals surface area contributed by atoms with Crippen molar-refractivity contribution in [1.82, 2.24) is 25.5 Å². The molecule has 0 fully saturated rings. The molecule has 0 bridgehead atoms. The van der Waals surface area contributed by atoms with Crippen LogP contribution in [0.5, 0.6) is 0 Å². The molecule has 0 radical (unpaired) electrons. The van der Waals surface area contributed by atoms with Crippen LogP contribution in [0.1, 0.15) is 16.7 Å². The number of urea groups is 1. The predicted octanol–water partition coefficient (Wildman–Crippen LogP) is 2.60. The summed E-state index contributed by atoms with van der Waals surface area (Å²) in [4.78, 5) is 12.1. The Balaban J connectivity index is 1.65. The van der Waals surface area contributed by atoms with Crippen LogP contribution in [-0.2, 0) is 6.54 Å². The average Bonchev–Trinajstić information content (AvgIpc) is 3.11. The van der Waals surface area contributed by atoms with Gasteiger partial charge in [-0.15, -0.1) is 5.10 Å². The maximum atomic E-state index is 12.1. The molecule has 0 aliphatic carbocycles. The van der Waals surface area contributed by atoms with E-state index >= 15 is 0 Å². The van der Waals surface area contributed by atoms with Crippen molar-refractivity contribution >= 4 is 11.7 Å². The van der Waals surface area contributed by atoms with E-state index < -0.39 is 0 Å². The molecule has 7 nitrogen and oxygen atoms in total. The lowest BCUT2D eigenvalue weighted by atomic mass is 10.1. The Labute approximate surface area is 139 Å². The third-order valence-corrected chi connectivity index (χ3v) is 3.66. The number of nitrogens with one attached hydrogen (secondary N) is 2. The minimum atomic E-state index is -0.257. The molecule has 0 saturated carbocycles. The van der Waals surface area contributed by atoms with Crippen molar-refractivity contribution in [2.45, 2.75) is 20.4 Å². The van der Waals surface area contributed by atoms with Gasteiger partial charge in [-0.05, 0) is 47.5 Å². The van der Waals surface area contributed by atoms with E-state index in [-0.39, 0.29) is 6.03 Å². The molecule has 122 valence electrons. The fourth-order valence-corrected chi connectivity index (χ4v) is 2.22. The van der Waals surface area contributed by atoms with Crippen molar-refractivity contribution in [3.63, 3.8) is 0 Å². The topological polar surface area (TPSA) is 84.7 Å². The van der Waals surface area contributed by atoms with Gasteiger partial charge >= 0.3 is 6.03 Å². The highest BCUT2D eigenvalue weighted by Gasteiger charge is 2.07. The second kappa shape index (κ2) is 6.91. The van der Waals surface area contributed by atoms with Gasteiger partial charge in [0, 0.05) is 12.2 Å². The average molecular weight is 322 g/mol. The van der Waals surface area contributed by atoms with E-state index in [2.05, 4.69) is 26.2 Å². The Hall–Kier alpha value is -3.22. The van der Waals surface area contributed by atoms with Crippen molar-refractivity contribution in [3.05, 3.63) is 65.5 Å². The van der Waals surface area contributed by atoms with Gasteiger partial charge in [-0.1, -0.05) is 35.9 Å². The van der Waals surface area contributed by atoms with Gasteiger partial charge in [0.05, 0.1) is 5.69 Å². The summed E-state index contributed by atoms with van der Waals surface area (Å²) in [5.41, 5.74) is 4.69. The molecule has 3 rings (SSSR count). The van der Waals surface area contributed by atoms with E-state index in [1.807, 2.05) is 56.3 Å². The maximum Gasteiger partial charge on any atom is 0.319 e. The normalized spacial score (nSPS) is 10.4. The third kappa shape index (κ3) is 3.75. The fourth-order valence-electron chi connectivity index (χ4n) is 2.22. The first-order valence-electron chi connectivity index (χ1n) is 7.56. The van der Waals surface area contributed by atoms with E-state index in [9.17, 15) is 4.79 Å². The molecule has 2 aromatic carbocycles. The molecule has 0 spiro atoms. The highest BCUT2D eigenvalue weighted by atomic mass is 16.2. The van der Waals surface area contributed by atoms with Crippen molar-refractivity contribution in [3.8, 4) is 5.69 Å². The number of hydrogen-bond donors (Lipinski definition) is 2. The molecule has 0 aliphatic rings. The third-order valence-electron chi connectivity index (χ3n) is 3.66. The Kier molecular flexibility index (Phi) is 4.51. The van der Waals surface area contributed by atoms with Crippen LogP contribution in [0.3, 0.4) is 0 Å². The Morgan fingerprint density at radius 3 is 2.62 bits per heavy atom. The molecule has 2 N–H and O–H groups in total. The van der Waals surface area contributed by atoms with Gasteiger partial charge < -0.3 is 10.6 Å². The quantitative estimate of drug-likeness (QED) is 0.773. The number of benzene rings is 2. The summed E-state index contributed by atoms with van der Waals surface area (Å²) in [7, 11) is 0. The number of rotatable bonds is 4. The van der Waals surface area contributed by atoms with Crippen LogP contribution in [0.15, 0.2) is 48.8 Å². The second-order valence-corrected chi connectivity index (χ2v) is 5.55. The molecule has 1 heterocycles. The predicted molar refractivity (Wildman–Crippen MR) is 90.9 cm³/mol. The highest BCUT2D eigenvalue weighted by Crippen LogP contribution is 2.18. The first kappa shape index (κ1) is 15.7. The maximum absolute atomic E-state index is 12.1. The number of hydrogen-bond acceptors (Lipinski definition) is 4. The zero-order chi connectivity index (χ0) is 16.9. The summed E-state index contributed by atoms with van der Waals surface area (Å²) in [5.74, 6) is 0. The first-order chi connectivity index (χ1) is 11.6. The van der Waals surface area contributed by atoms with Gasteiger partial charge in [-0.2, -0.15) is 0 Å². The smallest absolute Gasteiger partial charge is 0.319 e. The molecule has 1 aromatic heterocycles. The molecule has 0 atom stereocenters. The van der Waals surface area contributed by atoms with Gasteiger partial charge in [0.2, 0.25) is 0 Å². The summed E-state index contributed by atoms with van der Waals surface area (Å²) < 4.78 is 1.54. The van der Waals surface area contributed by atoms with Crippen LogP contribution in [0.25, 0.3) is 5.69 Å². The van der Waals surface area contributed by atoms with Crippen LogP contribution in [-0.4, -0.2) is 26.2 Å². The monoisotopic (exact) mass is 322 g/mol. The molecule has 0 unspecified atom stereocenters. The van der Waals surface area contributed by atoms with E-state index in [1.165, 1.54) is 16.6 Å². The number of carbonyl (C=O) groups is 1. The minimum absolute atomic E-state index is 0.257. The second-order valence-electron chi connectivity index (χ2n) is 5.55. The summed E-state index contributed by atoms with van der Waals surface area (Å²) in [6.07, 6.45) is 1.51. The molecule has 2 amide bonds.